The molecule has 2 heterocycles. The van der Waals surface area contributed by atoms with Crippen LogP contribution in [0.5, 0.6) is 0 Å². The number of benzene rings is 2. The molecule has 4 aromatic rings. The van der Waals surface area contributed by atoms with E-state index in [4.69, 9.17) is 0 Å². The monoisotopic (exact) mass is 372 g/mol. The van der Waals surface area contributed by atoms with Crippen LogP contribution in [-0.2, 0) is 6.42 Å². The number of hydrogen-bond acceptors (Lipinski definition) is 4. The lowest BCUT2D eigenvalue weighted by molar-refractivity contribution is 0.249. The Kier molecular flexibility index (Phi) is 4.97. The normalized spacial score (nSPS) is 11.9. The van der Waals surface area contributed by atoms with Gasteiger partial charge in [-0.1, -0.05) is 42.5 Å². The van der Waals surface area contributed by atoms with Crippen molar-refractivity contribution in [3.63, 3.8) is 0 Å². The number of nitrogens with one attached hydrogen (secondary N) is 3. The van der Waals surface area contributed by atoms with Crippen molar-refractivity contribution in [2.24, 2.45) is 0 Å². The molecule has 0 saturated heterocycles. The fourth-order valence-electron chi connectivity index (χ4n) is 3.04. The van der Waals surface area contributed by atoms with Gasteiger partial charge in [0.1, 0.15) is 6.33 Å². The van der Waals surface area contributed by atoms with E-state index < -0.39 is 0 Å². The maximum atomic E-state index is 12.2. The molecular formula is C21H20N6O. The zero-order valence-corrected chi connectivity index (χ0v) is 15.4. The smallest absolute Gasteiger partial charge is 0.319 e. The van der Waals surface area contributed by atoms with Gasteiger partial charge >= 0.3 is 6.03 Å². The zero-order chi connectivity index (χ0) is 19.3. The van der Waals surface area contributed by atoms with Crippen molar-refractivity contribution < 1.29 is 4.79 Å². The molecule has 7 heteroatoms. The first kappa shape index (κ1) is 17.7. The van der Waals surface area contributed by atoms with Crippen LogP contribution >= 0.6 is 0 Å². The Morgan fingerprint density at radius 2 is 1.86 bits per heavy atom. The molecule has 7 nitrogen and oxygen atoms in total. The second kappa shape index (κ2) is 7.87. The number of amides is 2. The number of fused-ring (bicyclic) bond motifs is 1. The molecule has 3 N–H and O–H groups in total. The number of carbonyl (C=O) groups excluding carboxylic acids is 1. The Labute approximate surface area is 162 Å². The molecule has 28 heavy (non-hydrogen) atoms. The molecule has 1 atom stereocenters. The highest BCUT2D eigenvalue weighted by Crippen LogP contribution is 2.18. The molecule has 0 aliphatic carbocycles. The van der Waals surface area contributed by atoms with Gasteiger partial charge in [-0.05, 0) is 30.2 Å². The Balaban J connectivity index is 1.38. The third-order valence-electron chi connectivity index (χ3n) is 4.56. The van der Waals surface area contributed by atoms with Gasteiger partial charge in [0.15, 0.2) is 5.65 Å². The van der Waals surface area contributed by atoms with E-state index >= 15 is 0 Å². The average molecular weight is 372 g/mol. The fourth-order valence-corrected chi connectivity index (χ4v) is 3.04. The summed E-state index contributed by atoms with van der Waals surface area (Å²) in [5.41, 5.74) is 4.52. The number of rotatable bonds is 5. The van der Waals surface area contributed by atoms with Gasteiger partial charge in [0.05, 0.1) is 23.3 Å². The number of anilines is 1. The summed E-state index contributed by atoms with van der Waals surface area (Å²) in [6, 6.07) is 17.3. The van der Waals surface area contributed by atoms with Gasteiger partial charge in [-0.15, -0.1) is 0 Å². The molecule has 2 aromatic heterocycles. The van der Waals surface area contributed by atoms with Crippen molar-refractivity contribution in [2.45, 2.75) is 19.4 Å². The highest BCUT2D eigenvalue weighted by molar-refractivity contribution is 5.89. The molecule has 0 fully saturated rings. The minimum absolute atomic E-state index is 0.0735. The summed E-state index contributed by atoms with van der Waals surface area (Å²) in [5.74, 6) is 0. The molecule has 0 aliphatic rings. The van der Waals surface area contributed by atoms with Crippen LogP contribution < -0.4 is 10.6 Å². The van der Waals surface area contributed by atoms with Crippen LogP contribution in [0.2, 0.25) is 0 Å². The number of aromatic amines is 1. The molecule has 140 valence electrons. The Morgan fingerprint density at radius 1 is 1.07 bits per heavy atom. The molecule has 4 rings (SSSR count). The van der Waals surface area contributed by atoms with Crippen LogP contribution in [0.4, 0.5) is 10.5 Å². The van der Waals surface area contributed by atoms with Crippen molar-refractivity contribution in [3.8, 4) is 0 Å². The second-order valence-corrected chi connectivity index (χ2v) is 6.56. The van der Waals surface area contributed by atoms with Crippen molar-refractivity contribution in [1.29, 1.82) is 0 Å². The summed E-state index contributed by atoms with van der Waals surface area (Å²) >= 11 is 0. The van der Waals surface area contributed by atoms with Gasteiger partial charge in [-0.2, -0.15) is 5.10 Å². The number of H-pyrrole nitrogens is 1. The van der Waals surface area contributed by atoms with E-state index in [-0.39, 0.29) is 12.1 Å². The van der Waals surface area contributed by atoms with Crippen molar-refractivity contribution in [2.75, 3.05) is 5.32 Å². The third-order valence-corrected chi connectivity index (χ3v) is 4.56. The zero-order valence-electron chi connectivity index (χ0n) is 15.4. The van der Waals surface area contributed by atoms with Crippen LogP contribution in [0.1, 0.15) is 29.8 Å². The second-order valence-electron chi connectivity index (χ2n) is 6.56. The lowest BCUT2D eigenvalue weighted by Gasteiger charge is -2.15. The average Bonchev–Trinajstić information content (AvgIpc) is 3.20. The summed E-state index contributed by atoms with van der Waals surface area (Å²) in [5, 5.41) is 13.6. The van der Waals surface area contributed by atoms with Gasteiger partial charge in [-0.3, -0.25) is 5.10 Å². The molecule has 0 saturated carbocycles. The van der Waals surface area contributed by atoms with Crippen molar-refractivity contribution >= 4 is 22.8 Å². The minimum Gasteiger partial charge on any atom is -0.331 e. The van der Waals surface area contributed by atoms with Crippen LogP contribution in [0.25, 0.3) is 11.0 Å². The minimum atomic E-state index is -0.236. The number of hydrogen-bond donors (Lipinski definition) is 3. The van der Waals surface area contributed by atoms with Crippen LogP contribution in [0.15, 0.2) is 67.1 Å². The van der Waals surface area contributed by atoms with Crippen LogP contribution in [0, 0.1) is 0 Å². The summed E-state index contributed by atoms with van der Waals surface area (Å²) in [4.78, 5) is 20.7. The van der Waals surface area contributed by atoms with E-state index in [0.29, 0.717) is 6.42 Å². The first-order valence-corrected chi connectivity index (χ1v) is 9.03. The molecular weight excluding hydrogens is 352 g/mol. The number of nitrogens with zero attached hydrogens (tertiary/aromatic N) is 3. The summed E-state index contributed by atoms with van der Waals surface area (Å²) < 4.78 is 0. The van der Waals surface area contributed by atoms with Crippen molar-refractivity contribution in [3.05, 3.63) is 83.9 Å². The van der Waals surface area contributed by atoms with E-state index in [9.17, 15) is 4.79 Å². The fraction of sp³-hybridized carbons (Fsp3) is 0.143. The first-order valence-electron chi connectivity index (χ1n) is 9.03. The number of aromatic nitrogens is 4. The molecule has 0 aliphatic heterocycles. The Hall–Kier alpha value is -3.74. The molecule has 0 spiro atoms. The molecule has 0 radical (unpaired) electrons. The first-order chi connectivity index (χ1) is 13.7. The maximum absolute atomic E-state index is 12.2. The standard InChI is InChI=1S/C21H20N6O/c1-14(16-5-3-2-4-6-16)25-21(28)26-17-9-7-15(8-10-17)11-19-18-12-24-27-20(18)23-13-22-19/h2-10,12-14H,11H2,1H3,(H2,25,26,28)(H,22,23,24,27). The Morgan fingerprint density at radius 3 is 2.64 bits per heavy atom. The van der Waals surface area contributed by atoms with Gasteiger partial charge in [0, 0.05) is 12.1 Å². The van der Waals surface area contributed by atoms with E-state index in [1.165, 1.54) is 6.33 Å². The third kappa shape index (κ3) is 3.98. The van der Waals surface area contributed by atoms with E-state index in [0.717, 1.165) is 33.5 Å². The maximum Gasteiger partial charge on any atom is 0.319 e. The predicted octanol–water partition coefficient (Wildman–Crippen LogP) is 3.83. The van der Waals surface area contributed by atoms with E-state index in [1.807, 2.05) is 61.5 Å². The van der Waals surface area contributed by atoms with Gasteiger partial charge in [-0.25, -0.2) is 14.8 Å². The summed E-state index contributed by atoms with van der Waals surface area (Å²) in [6.45, 7) is 1.95. The topological polar surface area (TPSA) is 95.6 Å². The summed E-state index contributed by atoms with van der Waals surface area (Å²) in [6.07, 6.45) is 3.93. The summed E-state index contributed by atoms with van der Waals surface area (Å²) in [7, 11) is 0. The van der Waals surface area contributed by atoms with E-state index in [1.54, 1.807) is 6.20 Å². The van der Waals surface area contributed by atoms with E-state index in [2.05, 4.69) is 30.8 Å². The van der Waals surface area contributed by atoms with Crippen LogP contribution in [-0.4, -0.2) is 26.2 Å². The molecule has 2 amide bonds. The SMILES string of the molecule is CC(NC(=O)Nc1ccc(Cc2ncnc3[nH]ncc23)cc1)c1ccccc1. The van der Waals surface area contributed by atoms with Gasteiger partial charge < -0.3 is 10.6 Å². The van der Waals surface area contributed by atoms with Gasteiger partial charge in [0.25, 0.3) is 0 Å². The van der Waals surface area contributed by atoms with Crippen molar-refractivity contribution in [1.82, 2.24) is 25.5 Å². The highest BCUT2D eigenvalue weighted by atomic mass is 16.2. The quantitative estimate of drug-likeness (QED) is 0.496. The number of urea groups is 1. The Bertz CT molecular complexity index is 1070. The highest BCUT2D eigenvalue weighted by Gasteiger charge is 2.10. The van der Waals surface area contributed by atoms with Crippen LogP contribution in [0.3, 0.4) is 0 Å². The predicted molar refractivity (Wildman–Crippen MR) is 108 cm³/mol. The largest absolute Gasteiger partial charge is 0.331 e. The lowest BCUT2D eigenvalue weighted by atomic mass is 10.1. The molecule has 1 unspecified atom stereocenters. The molecule has 2 aromatic carbocycles. The number of carbonyl (C=O) groups is 1. The lowest BCUT2D eigenvalue weighted by Crippen LogP contribution is -2.31. The molecule has 0 bridgehead atoms. The van der Waals surface area contributed by atoms with Gasteiger partial charge in [0.2, 0.25) is 0 Å².